The molecule has 1 unspecified atom stereocenters. The van der Waals surface area contributed by atoms with Gasteiger partial charge in [0.2, 0.25) is 0 Å². The van der Waals surface area contributed by atoms with Crippen molar-refractivity contribution in [2.24, 2.45) is 0 Å². The van der Waals surface area contributed by atoms with Crippen molar-refractivity contribution >= 4 is 22.1 Å². The van der Waals surface area contributed by atoms with Gasteiger partial charge in [-0.15, -0.1) is 0 Å². The summed E-state index contributed by atoms with van der Waals surface area (Å²) in [7, 11) is -2.86. The van der Waals surface area contributed by atoms with Crippen LogP contribution in [0.4, 0.5) is 0 Å². The van der Waals surface area contributed by atoms with Gasteiger partial charge in [-0.1, -0.05) is 13.8 Å². The van der Waals surface area contributed by atoms with Gasteiger partial charge < -0.3 is 9.55 Å². The monoisotopic (exact) mass is 260 g/mol. The number of aromatic nitrogens is 2. The average molecular weight is 260 g/mol. The Hall–Kier alpha value is -0.620. The van der Waals surface area contributed by atoms with Crippen LogP contribution < -0.4 is 0 Å². The van der Waals surface area contributed by atoms with Crippen LogP contribution in [-0.4, -0.2) is 29.5 Å². The summed E-state index contributed by atoms with van der Waals surface area (Å²) in [6.07, 6.45) is 2.56. The molecule has 6 heteroatoms. The first-order valence-corrected chi connectivity index (χ1v) is 7.64. The van der Waals surface area contributed by atoms with Gasteiger partial charge >= 0.3 is 0 Å². The van der Waals surface area contributed by atoms with E-state index in [4.69, 9.17) is 12.2 Å². The van der Waals surface area contributed by atoms with Crippen LogP contribution >= 0.6 is 12.2 Å². The zero-order chi connectivity index (χ0) is 11.9. The highest BCUT2D eigenvalue weighted by Crippen LogP contribution is 2.28. The number of nitrogens with zero attached hydrogens (tertiary/aromatic N) is 1. The van der Waals surface area contributed by atoms with E-state index in [0.717, 1.165) is 5.69 Å². The maximum absolute atomic E-state index is 11.5. The molecule has 1 aromatic heterocycles. The van der Waals surface area contributed by atoms with Crippen molar-refractivity contribution in [2.45, 2.75) is 32.2 Å². The van der Waals surface area contributed by atoms with Crippen molar-refractivity contribution < 1.29 is 8.42 Å². The average Bonchev–Trinajstić information content (AvgIpc) is 2.69. The molecule has 16 heavy (non-hydrogen) atoms. The zero-order valence-electron chi connectivity index (χ0n) is 9.43. The van der Waals surface area contributed by atoms with Crippen LogP contribution in [0.1, 0.15) is 37.9 Å². The molecule has 90 valence electrons. The third kappa shape index (κ3) is 2.08. The molecule has 4 nitrogen and oxygen atoms in total. The normalized spacial score (nSPS) is 24.1. The molecule has 1 saturated heterocycles. The Morgan fingerprint density at radius 1 is 1.56 bits per heavy atom. The lowest BCUT2D eigenvalue weighted by Gasteiger charge is -2.16. The van der Waals surface area contributed by atoms with Gasteiger partial charge in [0, 0.05) is 11.9 Å². The highest BCUT2D eigenvalue weighted by atomic mass is 32.2. The highest BCUT2D eigenvalue weighted by molar-refractivity contribution is 7.91. The van der Waals surface area contributed by atoms with Gasteiger partial charge in [-0.05, 0) is 24.6 Å². The molecular weight excluding hydrogens is 244 g/mol. The molecule has 1 fully saturated rings. The fraction of sp³-hybridized carbons (Fsp3) is 0.700. The third-order valence-electron chi connectivity index (χ3n) is 3.01. The predicted octanol–water partition coefficient (Wildman–Crippen LogP) is 2.03. The number of hydrogen-bond acceptors (Lipinski definition) is 3. The van der Waals surface area contributed by atoms with Crippen molar-refractivity contribution in [1.29, 1.82) is 0 Å². The molecule has 0 amide bonds. The molecule has 1 aromatic rings. The summed E-state index contributed by atoms with van der Waals surface area (Å²) in [5, 5.41) is 0. The van der Waals surface area contributed by atoms with Crippen molar-refractivity contribution in [3.63, 3.8) is 0 Å². The van der Waals surface area contributed by atoms with E-state index in [1.807, 2.05) is 10.8 Å². The molecular formula is C10H16N2O2S2. The van der Waals surface area contributed by atoms with E-state index in [2.05, 4.69) is 18.8 Å². The molecule has 1 aliphatic rings. The molecule has 0 bridgehead atoms. The van der Waals surface area contributed by atoms with E-state index in [1.54, 1.807) is 0 Å². The van der Waals surface area contributed by atoms with Crippen LogP contribution in [-0.2, 0) is 9.84 Å². The Bertz CT molecular complexity index is 539. The van der Waals surface area contributed by atoms with E-state index < -0.39 is 9.84 Å². The lowest BCUT2D eigenvalue weighted by Crippen LogP contribution is -2.14. The molecule has 0 aliphatic carbocycles. The van der Waals surface area contributed by atoms with Gasteiger partial charge in [0.1, 0.15) is 0 Å². The van der Waals surface area contributed by atoms with E-state index in [0.29, 0.717) is 17.1 Å². The summed E-state index contributed by atoms with van der Waals surface area (Å²) < 4.78 is 25.5. The molecule has 2 heterocycles. The van der Waals surface area contributed by atoms with Crippen LogP contribution in [0.15, 0.2) is 6.20 Å². The molecule has 1 N–H and O–H groups in total. The maximum atomic E-state index is 11.5. The number of hydrogen-bond donors (Lipinski definition) is 1. The first kappa shape index (κ1) is 11.9. The molecule has 0 spiro atoms. The lowest BCUT2D eigenvalue weighted by molar-refractivity contribution is 0.519. The fourth-order valence-electron chi connectivity index (χ4n) is 2.19. The number of rotatable bonds is 2. The van der Waals surface area contributed by atoms with E-state index in [9.17, 15) is 8.42 Å². The Morgan fingerprint density at radius 2 is 2.25 bits per heavy atom. The fourth-order valence-corrected chi connectivity index (χ4v) is 4.21. The number of imidazole rings is 1. The standard InChI is InChI=1S/C10H16N2O2S2/c1-7(2)9-5-11-10(15)12(9)8-3-4-16(13,14)6-8/h5,7-8H,3-4,6H2,1-2H3,(H,11,15). The topological polar surface area (TPSA) is 54.9 Å². The number of sulfone groups is 1. The Kier molecular flexibility index (Phi) is 2.96. The van der Waals surface area contributed by atoms with Gasteiger partial charge in [-0.2, -0.15) is 0 Å². The summed E-state index contributed by atoms with van der Waals surface area (Å²) in [6.45, 7) is 4.16. The molecule has 2 rings (SSSR count). The van der Waals surface area contributed by atoms with Crippen LogP contribution in [0.2, 0.25) is 0 Å². The smallest absolute Gasteiger partial charge is 0.177 e. The first-order valence-electron chi connectivity index (χ1n) is 5.41. The SMILES string of the molecule is CC(C)c1c[nH]c(=S)n1C1CCS(=O)(=O)C1. The minimum absolute atomic E-state index is 0.0150. The highest BCUT2D eigenvalue weighted by Gasteiger charge is 2.30. The molecule has 1 atom stereocenters. The summed E-state index contributed by atoms with van der Waals surface area (Å²) in [5.41, 5.74) is 1.09. The quantitative estimate of drug-likeness (QED) is 0.828. The summed E-state index contributed by atoms with van der Waals surface area (Å²) >= 11 is 5.22. The largest absolute Gasteiger partial charge is 0.337 e. The summed E-state index contributed by atoms with van der Waals surface area (Å²) in [4.78, 5) is 3.01. The van der Waals surface area contributed by atoms with Crippen molar-refractivity contribution in [3.8, 4) is 0 Å². The minimum atomic E-state index is -2.86. The van der Waals surface area contributed by atoms with Crippen LogP contribution in [0.5, 0.6) is 0 Å². The van der Waals surface area contributed by atoms with Crippen LogP contribution in [0.25, 0.3) is 0 Å². The molecule has 0 radical (unpaired) electrons. The minimum Gasteiger partial charge on any atom is -0.337 e. The van der Waals surface area contributed by atoms with Gasteiger partial charge in [-0.3, -0.25) is 0 Å². The zero-order valence-corrected chi connectivity index (χ0v) is 11.1. The second-order valence-corrected chi connectivity index (χ2v) is 7.22. The van der Waals surface area contributed by atoms with Crippen molar-refractivity contribution in [1.82, 2.24) is 9.55 Å². The van der Waals surface area contributed by atoms with Gasteiger partial charge in [0.25, 0.3) is 0 Å². The summed E-state index contributed by atoms with van der Waals surface area (Å²) in [5.74, 6) is 0.845. The Balaban J connectivity index is 2.41. The molecule has 1 aliphatic heterocycles. The number of nitrogens with one attached hydrogen (secondary N) is 1. The second kappa shape index (κ2) is 4.00. The maximum Gasteiger partial charge on any atom is 0.177 e. The van der Waals surface area contributed by atoms with E-state index in [1.165, 1.54) is 0 Å². The predicted molar refractivity (Wildman–Crippen MR) is 66.0 cm³/mol. The van der Waals surface area contributed by atoms with Crippen LogP contribution in [0, 0.1) is 4.77 Å². The van der Waals surface area contributed by atoms with Gasteiger partial charge in [-0.25, -0.2) is 8.42 Å². The lowest BCUT2D eigenvalue weighted by atomic mass is 10.1. The van der Waals surface area contributed by atoms with Crippen molar-refractivity contribution in [2.75, 3.05) is 11.5 Å². The van der Waals surface area contributed by atoms with E-state index in [-0.39, 0.29) is 17.5 Å². The number of H-pyrrole nitrogens is 1. The Morgan fingerprint density at radius 3 is 2.75 bits per heavy atom. The molecule has 0 saturated carbocycles. The van der Waals surface area contributed by atoms with E-state index >= 15 is 0 Å². The van der Waals surface area contributed by atoms with Crippen LogP contribution in [0.3, 0.4) is 0 Å². The van der Waals surface area contributed by atoms with Crippen molar-refractivity contribution in [3.05, 3.63) is 16.7 Å². The van der Waals surface area contributed by atoms with Gasteiger partial charge in [0.15, 0.2) is 14.6 Å². The first-order chi connectivity index (χ1) is 7.41. The Labute approximate surface area is 101 Å². The van der Waals surface area contributed by atoms with Gasteiger partial charge in [0.05, 0.1) is 17.5 Å². The third-order valence-corrected chi connectivity index (χ3v) is 5.07. The molecule has 0 aromatic carbocycles. The number of aromatic amines is 1. The summed E-state index contributed by atoms with van der Waals surface area (Å²) in [6, 6.07) is 0.0150. The second-order valence-electron chi connectivity index (χ2n) is 4.60.